The average Bonchev–Trinajstić information content (AvgIpc) is 2.16. The van der Waals surface area contributed by atoms with Gasteiger partial charge >= 0.3 is 0 Å². The lowest BCUT2D eigenvalue weighted by atomic mass is 10.1. The summed E-state index contributed by atoms with van der Waals surface area (Å²) in [6.07, 6.45) is 1.83. The fourth-order valence-corrected chi connectivity index (χ4v) is 3.14. The summed E-state index contributed by atoms with van der Waals surface area (Å²) >= 11 is 0. The van der Waals surface area contributed by atoms with E-state index < -0.39 is 10.0 Å². The summed E-state index contributed by atoms with van der Waals surface area (Å²) in [5.41, 5.74) is 5.76. The largest absolute Gasteiger partial charge is 0.378 e. The van der Waals surface area contributed by atoms with Gasteiger partial charge in [-0.1, -0.05) is 0 Å². The number of sulfonamides is 1. The Balaban J connectivity index is 2.43. The molecule has 1 unspecified atom stereocenters. The average molecular weight is 250 g/mol. The third kappa shape index (κ3) is 4.37. The zero-order valence-electron chi connectivity index (χ0n) is 10.1. The van der Waals surface area contributed by atoms with E-state index in [1.807, 2.05) is 13.8 Å². The van der Waals surface area contributed by atoms with Crippen LogP contribution in [0.2, 0.25) is 0 Å². The van der Waals surface area contributed by atoms with Crippen LogP contribution in [-0.4, -0.2) is 50.3 Å². The highest BCUT2D eigenvalue weighted by Crippen LogP contribution is 2.13. The second-order valence-electron chi connectivity index (χ2n) is 4.50. The quantitative estimate of drug-likeness (QED) is 0.754. The fraction of sp³-hybridized carbons (Fsp3) is 1.00. The molecular weight excluding hydrogens is 228 g/mol. The molecule has 16 heavy (non-hydrogen) atoms. The lowest BCUT2D eigenvalue weighted by molar-refractivity contribution is 0.0905. The van der Waals surface area contributed by atoms with Crippen LogP contribution in [0.3, 0.4) is 0 Å². The highest BCUT2D eigenvalue weighted by atomic mass is 32.2. The molecule has 1 aliphatic rings. The lowest BCUT2D eigenvalue weighted by Crippen LogP contribution is -2.46. The van der Waals surface area contributed by atoms with Gasteiger partial charge in [-0.05, 0) is 26.7 Å². The molecule has 0 aromatic heterocycles. The maximum Gasteiger partial charge on any atom is 0.216 e. The zero-order chi connectivity index (χ0) is 12.2. The number of nitrogens with zero attached hydrogens (tertiary/aromatic N) is 1. The van der Waals surface area contributed by atoms with Gasteiger partial charge in [0.05, 0.1) is 18.5 Å². The van der Waals surface area contributed by atoms with Crippen molar-refractivity contribution in [1.82, 2.24) is 4.31 Å². The van der Waals surface area contributed by atoms with E-state index in [2.05, 4.69) is 0 Å². The minimum atomic E-state index is -3.18. The second-order valence-corrected chi connectivity index (χ2v) is 6.58. The van der Waals surface area contributed by atoms with Crippen molar-refractivity contribution in [1.29, 1.82) is 0 Å². The van der Waals surface area contributed by atoms with Crippen molar-refractivity contribution in [2.24, 2.45) is 5.73 Å². The van der Waals surface area contributed by atoms with E-state index in [0.29, 0.717) is 13.1 Å². The topological polar surface area (TPSA) is 72.6 Å². The molecular formula is C10H22N2O3S. The van der Waals surface area contributed by atoms with E-state index in [0.717, 1.165) is 12.8 Å². The summed E-state index contributed by atoms with van der Waals surface area (Å²) in [5, 5.41) is 0. The number of ether oxygens (including phenoxy) is 1. The molecule has 0 aromatic rings. The maximum atomic E-state index is 11.9. The molecule has 6 heteroatoms. The maximum absolute atomic E-state index is 11.9. The molecule has 1 atom stereocenters. The Labute approximate surface area is 98.0 Å². The molecule has 96 valence electrons. The second kappa shape index (κ2) is 5.95. The summed E-state index contributed by atoms with van der Waals surface area (Å²) < 4.78 is 30.6. The Morgan fingerprint density at radius 3 is 2.75 bits per heavy atom. The Morgan fingerprint density at radius 1 is 1.50 bits per heavy atom. The van der Waals surface area contributed by atoms with Crippen LogP contribution < -0.4 is 5.73 Å². The summed E-state index contributed by atoms with van der Waals surface area (Å²) in [4.78, 5) is 0. The molecule has 0 aliphatic carbocycles. The molecule has 1 saturated heterocycles. The first kappa shape index (κ1) is 13.9. The van der Waals surface area contributed by atoms with Crippen LogP contribution in [0.5, 0.6) is 0 Å². The fourth-order valence-electron chi connectivity index (χ4n) is 1.74. The SMILES string of the molecule is CC(C)OCCS(=O)(=O)N1CCCC(N)C1. The monoisotopic (exact) mass is 250 g/mol. The molecule has 0 saturated carbocycles. The van der Waals surface area contributed by atoms with Crippen LogP contribution in [0.15, 0.2) is 0 Å². The van der Waals surface area contributed by atoms with Gasteiger partial charge in [-0.2, -0.15) is 0 Å². The van der Waals surface area contributed by atoms with Crippen LogP contribution in [0.4, 0.5) is 0 Å². The van der Waals surface area contributed by atoms with Crippen molar-refractivity contribution in [3.63, 3.8) is 0 Å². The first-order valence-corrected chi connectivity index (χ1v) is 7.38. The summed E-state index contributed by atoms with van der Waals surface area (Å²) in [6.45, 7) is 5.08. The third-order valence-electron chi connectivity index (χ3n) is 2.61. The van der Waals surface area contributed by atoms with Gasteiger partial charge in [-0.15, -0.1) is 0 Å². The number of piperidine rings is 1. The molecule has 1 fully saturated rings. The van der Waals surface area contributed by atoms with Crippen molar-refractivity contribution >= 4 is 10.0 Å². The Hall–Kier alpha value is -0.170. The molecule has 0 radical (unpaired) electrons. The molecule has 1 aliphatic heterocycles. The molecule has 0 amide bonds. The van der Waals surface area contributed by atoms with E-state index in [1.54, 1.807) is 0 Å². The minimum Gasteiger partial charge on any atom is -0.378 e. The smallest absolute Gasteiger partial charge is 0.216 e. The first-order chi connectivity index (χ1) is 7.42. The van der Waals surface area contributed by atoms with Crippen LogP contribution >= 0.6 is 0 Å². The minimum absolute atomic E-state index is 0.0189. The Kier molecular flexibility index (Phi) is 5.17. The van der Waals surface area contributed by atoms with Crippen molar-refractivity contribution < 1.29 is 13.2 Å². The molecule has 2 N–H and O–H groups in total. The van der Waals surface area contributed by atoms with Gasteiger partial charge in [-0.25, -0.2) is 12.7 Å². The summed E-state index contributed by atoms with van der Waals surface area (Å²) in [7, 11) is -3.18. The normalized spacial score (nSPS) is 23.9. The Morgan fingerprint density at radius 2 is 2.19 bits per heavy atom. The molecule has 0 bridgehead atoms. The van der Waals surface area contributed by atoms with Gasteiger partial charge in [0, 0.05) is 19.1 Å². The molecule has 1 rings (SSSR count). The third-order valence-corrected chi connectivity index (χ3v) is 4.41. The number of nitrogens with two attached hydrogens (primary N) is 1. The predicted octanol–water partition coefficient (Wildman–Crippen LogP) is 0.164. The van der Waals surface area contributed by atoms with Gasteiger partial charge < -0.3 is 10.5 Å². The molecule has 5 nitrogen and oxygen atoms in total. The van der Waals surface area contributed by atoms with Gasteiger partial charge in [0.1, 0.15) is 0 Å². The highest BCUT2D eigenvalue weighted by Gasteiger charge is 2.26. The molecule has 0 aromatic carbocycles. The molecule has 0 spiro atoms. The number of rotatable bonds is 5. The van der Waals surface area contributed by atoms with E-state index >= 15 is 0 Å². The van der Waals surface area contributed by atoms with E-state index in [4.69, 9.17) is 10.5 Å². The van der Waals surface area contributed by atoms with Gasteiger partial charge in [0.25, 0.3) is 0 Å². The van der Waals surface area contributed by atoms with Crippen LogP contribution in [0, 0.1) is 0 Å². The number of hydrogen-bond acceptors (Lipinski definition) is 4. The van der Waals surface area contributed by atoms with Crippen molar-refractivity contribution in [2.75, 3.05) is 25.4 Å². The van der Waals surface area contributed by atoms with Gasteiger partial charge in [0.15, 0.2) is 0 Å². The predicted molar refractivity (Wildman–Crippen MR) is 63.7 cm³/mol. The standard InChI is InChI=1S/C10H22N2O3S/c1-9(2)15-6-7-16(13,14)12-5-3-4-10(11)8-12/h9-10H,3-8,11H2,1-2H3. The summed E-state index contributed by atoms with van der Waals surface area (Å²) in [5.74, 6) is 0.0535. The van der Waals surface area contributed by atoms with E-state index in [-0.39, 0.29) is 24.5 Å². The van der Waals surface area contributed by atoms with Crippen molar-refractivity contribution in [3.8, 4) is 0 Å². The van der Waals surface area contributed by atoms with Crippen LogP contribution in [0.1, 0.15) is 26.7 Å². The molecule has 1 heterocycles. The van der Waals surface area contributed by atoms with Gasteiger partial charge in [-0.3, -0.25) is 0 Å². The first-order valence-electron chi connectivity index (χ1n) is 5.77. The van der Waals surface area contributed by atoms with Crippen LogP contribution in [-0.2, 0) is 14.8 Å². The lowest BCUT2D eigenvalue weighted by Gasteiger charge is -2.29. The highest BCUT2D eigenvalue weighted by molar-refractivity contribution is 7.89. The Bertz CT molecular complexity index is 303. The summed E-state index contributed by atoms with van der Waals surface area (Å²) in [6, 6.07) is -0.0189. The number of hydrogen-bond donors (Lipinski definition) is 1. The van der Waals surface area contributed by atoms with Crippen molar-refractivity contribution in [2.45, 2.75) is 38.8 Å². The zero-order valence-corrected chi connectivity index (χ0v) is 10.9. The van der Waals surface area contributed by atoms with Crippen LogP contribution in [0.25, 0.3) is 0 Å². The van der Waals surface area contributed by atoms with Crippen molar-refractivity contribution in [3.05, 3.63) is 0 Å². The van der Waals surface area contributed by atoms with E-state index in [9.17, 15) is 8.42 Å². The van der Waals surface area contributed by atoms with E-state index in [1.165, 1.54) is 4.31 Å². The van der Waals surface area contributed by atoms with Gasteiger partial charge in [0.2, 0.25) is 10.0 Å².